The van der Waals surface area contributed by atoms with Crippen LogP contribution in [0.5, 0.6) is 5.75 Å². The molecule has 2 rings (SSSR count). The fraction of sp³-hybridized carbons (Fsp3) is 0.200. The topological polar surface area (TPSA) is 20.2 Å². The zero-order chi connectivity index (χ0) is 11.5. The summed E-state index contributed by atoms with van der Waals surface area (Å²) < 4.78 is 0. The van der Waals surface area contributed by atoms with Gasteiger partial charge in [-0.05, 0) is 41.7 Å². The van der Waals surface area contributed by atoms with Crippen LogP contribution in [0.15, 0.2) is 42.5 Å². The molecule has 0 atom stereocenters. The van der Waals surface area contributed by atoms with Crippen LogP contribution in [-0.4, -0.2) is 5.11 Å². The van der Waals surface area contributed by atoms with Crippen LogP contribution in [0.1, 0.15) is 18.1 Å². The molecule has 0 amide bonds. The molecule has 82 valence electrons. The lowest BCUT2D eigenvalue weighted by Gasteiger charge is -2.05. The molecule has 0 unspecified atom stereocenters. The Labute approximate surface area is 96.4 Å². The summed E-state index contributed by atoms with van der Waals surface area (Å²) in [6, 6.07) is 14.3. The van der Waals surface area contributed by atoms with E-state index in [1.165, 1.54) is 5.56 Å². The monoisotopic (exact) mass is 212 g/mol. The van der Waals surface area contributed by atoms with Crippen LogP contribution in [0.25, 0.3) is 11.1 Å². The SMILES string of the molecule is CCc1ccc(-c2ccc(C)c(O)c2)cc1. The number of aryl methyl sites for hydroxylation is 2. The fourth-order valence-corrected chi connectivity index (χ4v) is 1.72. The Morgan fingerprint density at radius 2 is 1.56 bits per heavy atom. The van der Waals surface area contributed by atoms with Gasteiger partial charge < -0.3 is 5.11 Å². The van der Waals surface area contributed by atoms with Gasteiger partial charge in [0.05, 0.1) is 0 Å². The Morgan fingerprint density at radius 3 is 2.12 bits per heavy atom. The van der Waals surface area contributed by atoms with Crippen molar-refractivity contribution in [3.05, 3.63) is 53.6 Å². The van der Waals surface area contributed by atoms with Crippen LogP contribution in [0.4, 0.5) is 0 Å². The van der Waals surface area contributed by atoms with Gasteiger partial charge in [-0.3, -0.25) is 0 Å². The molecular weight excluding hydrogens is 196 g/mol. The maximum absolute atomic E-state index is 9.66. The first-order valence-electron chi connectivity index (χ1n) is 5.59. The second-order valence-corrected chi connectivity index (χ2v) is 4.05. The second kappa shape index (κ2) is 4.40. The zero-order valence-electron chi connectivity index (χ0n) is 9.70. The predicted molar refractivity (Wildman–Crippen MR) is 67.7 cm³/mol. The van der Waals surface area contributed by atoms with E-state index in [1.807, 2.05) is 25.1 Å². The van der Waals surface area contributed by atoms with Crippen LogP contribution < -0.4 is 0 Å². The van der Waals surface area contributed by atoms with Crippen molar-refractivity contribution >= 4 is 0 Å². The van der Waals surface area contributed by atoms with Gasteiger partial charge in [0.2, 0.25) is 0 Å². The number of aromatic hydroxyl groups is 1. The summed E-state index contributed by atoms with van der Waals surface area (Å²) in [5, 5.41) is 9.66. The van der Waals surface area contributed by atoms with E-state index in [2.05, 4.69) is 31.2 Å². The van der Waals surface area contributed by atoms with Gasteiger partial charge in [-0.1, -0.05) is 43.3 Å². The molecule has 0 saturated carbocycles. The van der Waals surface area contributed by atoms with Crippen molar-refractivity contribution in [1.82, 2.24) is 0 Å². The van der Waals surface area contributed by atoms with Gasteiger partial charge in [-0.2, -0.15) is 0 Å². The molecule has 0 fully saturated rings. The molecule has 1 N–H and O–H groups in total. The number of hydrogen-bond acceptors (Lipinski definition) is 1. The molecule has 0 bridgehead atoms. The van der Waals surface area contributed by atoms with E-state index < -0.39 is 0 Å². The van der Waals surface area contributed by atoms with Gasteiger partial charge in [0.15, 0.2) is 0 Å². The van der Waals surface area contributed by atoms with Crippen LogP contribution in [0, 0.1) is 6.92 Å². The summed E-state index contributed by atoms with van der Waals surface area (Å²) in [5.41, 5.74) is 4.45. The minimum Gasteiger partial charge on any atom is -0.508 e. The highest BCUT2D eigenvalue weighted by atomic mass is 16.3. The first-order valence-corrected chi connectivity index (χ1v) is 5.59. The fourth-order valence-electron chi connectivity index (χ4n) is 1.72. The third-order valence-corrected chi connectivity index (χ3v) is 2.90. The van der Waals surface area contributed by atoms with E-state index in [0.717, 1.165) is 23.1 Å². The number of benzene rings is 2. The van der Waals surface area contributed by atoms with E-state index in [9.17, 15) is 5.11 Å². The number of phenolic OH excluding ortho intramolecular Hbond substituents is 1. The lowest BCUT2D eigenvalue weighted by Crippen LogP contribution is -1.82. The molecule has 0 aliphatic carbocycles. The Kier molecular flexibility index (Phi) is 2.95. The average Bonchev–Trinajstić information content (AvgIpc) is 2.33. The van der Waals surface area contributed by atoms with E-state index in [1.54, 1.807) is 0 Å². The molecule has 0 spiro atoms. The molecular formula is C15H16O. The first-order chi connectivity index (χ1) is 7.70. The summed E-state index contributed by atoms with van der Waals surface area (Å²) in [5.74, 6) is 0.358. The highest BCUT2D eigenvalue weighted by Crippen LogP contribution is 2.26. The third-order valence-electron chi connectivity index (χ3n) is 2.90. The Balaban J connectivity index is 2.38. The highest BCUT2D eigenvalue weighted by Gasteiger charge is 2.01. The molecule has 2 aromatic rings. The summed E-state index contributed by atoms with van der Waals surface area (Å²) >= 11 is 0. The molecule has 0 radical (unpaired) electrons. The van der Waals surface area contributed by atoms with E-state index in [4.69, 9.17) is 0 Å². The molecule has 2 aromatic carbocycles. The quantitative estimate of drug-likeness (QED) is 0.799. The van der Waals surface area contributed by atoms with Gasteiger partial charge in [0.1, 0.15) is 5.75 Å². The van der Waals surface area contributed by atoms with Gasteiger partial charge in [-0.25, -0.2) is 0 Å². The first kappa shape index (κ1) is 10.7. The van der Waals surface area contributed by atoms with Crippen molar-refractivity contribution in [2.24, 2.45) is 0 Å². The number of hydrogen-bond donors (Lipinski definition) is 1. The number of phenols is 1. The van der Waals surface area contributed by atoms with E-state index in [0.29, 0.717) is 5.75 Å². The molecule has 0 aliphatic heterocycles. The largest absolute Gasteiger partial charge is 0.508 e. The zero-order valence-corrected chi connectivity index (χ0v) is 9.70. The molecule has 1 nitrogen and oxygen atoms in total. The summed E-state index contributed by atoms with van der Waals surface area (Å²) in [6.45, 7) is 4.05. The molecule has 16 heavy (non-hydrogen) atoms. The maximum atomic E-state index is 9.66. The molecule has 0 aromatic heterocycles. The third kappa shape index (κ3) is 2.08. The second-order valence-electron chi connectivity index (χ2n) is 4.05. The molecule has 0 saturated heterocycles. The lowest BCUT2D eigenvalue weighted by molar-refractivity contribution is 0.471. The Hall–Kier alpha value is -1.76. The van der Waals surface area contributed by atoms with Crippen molar-refractivity contribution in [3.8, 4) is 16.9 Å². The van der Waals surface area contributed by atoms with Crippen LogP contribution in [0.3, 0.4) is 0 Å². The van der Waals surface area contributed by atoms with Crippen molar-refractivity contribution < 1.29 is 5.11 Å². The highest BCUT2D eigenvalue weighted by molar-refractivity contribution is 5.66. The maximum Gasteiger partial charge on any atom is 0.119 e. The van der Waals surface area contributed by atoms with Crippen LogP contribution >= 0.6 is 0 Å². The van der Waals surface area contributed by atoms with E-state index >= 15 is 0 Å². The normalized spacial score (nSPS) is 10.4. The molecule has 0 aliphatic rings. The lowest BCUT2D eigenvalue weighted by atomic mass is 10.0. The minimum absolute atomic E-state index is 0.358. The Morgan fingerprint density at radius 1 is 0.938 bits per heavy atom. The van der Waals surface area contributed by atoms with Gasteiger partial charge in [0, 0.05) is 0 Å². The van der Waals surface area contributed by atoms with Crippen LogP contribution in [0.2, 0.25) is 0 Å². The van der Waals surface area contributed by atoms with Gasteiger partial charge in [-0.15, -0.1) is 0 Å². The van der Waals surface area contributed by atoms with Gasteiger partial charge >= 0.3 is 0 Å². The van der Waals surface area contributed by atoms with E-state index in [-0.39, 0.29) is 0 Å². The molecule has 1 heteroatoms. The number of rotatable bonds is 2. The van der Waals surface area contributed by atoms with Crippen molar-refractivity contribution in [1.29, 1.82) is 0 Å². The summed E-state index contributed by atoms with van der Waals surface area (Å²) in [7, 11) is 0. The minimum atomic E-state index is 0.358. The van der Waals surface area contributed by atoms with Crippen LogP contribution in [-0.2, 0) is 6.42 Å². The standard InChI is InChI=1S/C15H16O/c1-3-12-5-8-13(9-6-12)14-7-4-11(2)15(16)10-14/h4-10,16H,3H2,1-2H3. The van der Waals surface area contributed by atoms with Crippen molar-refractivity contribution in [2.45, 2.75) is 20.3 Å². The average molecular weight is 212 g/mol. The van der Waals surface area contributed by atoms with Gasteiger partial charge in [0.25, 0.3) is 0 Å². The predicted octanol–water partition coefficient (Wildman–Crippen LogP) is 3.93. The summed E-state index contributed by atoms with van der Waals surface area (Å²) in [6.07, 6.45) is 1.05. The summed E-state index contributed by atoms with van der Waals surface area (Å²) in [4.78, 5) is 0. The Bertz CT molecular complexity index is 483. The van der Waals surface area contributed by atoms with Crippen molar-refractivity contribution in [3.63, 3.8) is 0 Å². The smallest absolute Gasteiger partial charge is 0.119 e. The van der Waals surface area contributed by atoms with Crippen molar-refractivity contribution in [2.75, 3.05) is 0 Å². The molecule has 0 heterocycles.